The zero-order chi connectivity index (χ0) is 15.4. The van der Waals surface area contributed by atoms with Crippen LogP contribution in [0.3, 0.4) is 0 Å². The van der Waals surface area contributed by atoms with Gasteiger partial charge in [-0.25, -0.2) is 13.6 Å². The number of rotatable bonds is 3. The van der Waals surface area contributed by atoms with Gasteiger partial charge < -0.3 is 4.74 Å². The van der Waals surface area contributed by atoms with E-state index in [2.05, 4.69) is 4.74 Å². The maximum absolute atomic E-state index is 13.9. The van der Waals surface area contributed by atoms with Gasteiger partial charge in [0.15, 0.2) is 0 Å². The minimum atomic E-state index is -0.519. The highest BCUT2D eigenvalue weighted by atomic mass is 19.1. The van der Waals surface area contributed by atoms with Crippen LogP contribution < -0.4 is 0 Å². The van der Waals surface area contributed by atoms with Crippen molar-refractivity contribution in [2.45, 2.75) is 6.92 Å². The second-order valence-electron chi connectivity index (χ2n) is 4.52. The Kier molecular flexibility index (Phi) is 4.48. The van der Waals surface area contributed by atoms with Crippen molar-refractivity contribution < 1.29 is 18.3 Å². The van der Waals surface area contributed by atoms with Crippen LogP contribution in [0.1, 0.15) is 12.5 Å². The predicted molar refractivity (Wildman–Crippen MR) is 77.5 cm³/mol. The first-order valence-corrected chi connectivity index (χ1v) is 6.34. The van der Waals surface area contributed by atoms with Gasteiger partial charge in [0, 0.05) is 17.2 Å². The number of hydrogen-bond acceptors (Lipinski definition) is 2. The van der Waals surface area contributed by atoms with Crippen molar-refractivity contribution in [1.29, 1.82) is 0 Å². The van der Waals surface area contributed by atoms with E-state index < -0.39 is 17.6 Å². The summed E-state index contributed by atoms with van der Waals surface area (Å²) >= 11 is 0. The molecule has 0 amide bonds. The molecule has 108 valence electrons. The number of methoxy groups -OCH3 is 1. The Morgan fingerprint density at radius 1 is 1.05 bits per heavy atom. The number of carbonyl (C=O) groups excluding carboxylic acids is 1. The number of benzene rings is 2. The number of ether oxygens (including phenoxy) is 1. The lowest BCUT2D eigenvalue weighted by Crippen LogP contribution is -1.96. The third kappa shape index (κ3) is 3.34. The van der Waals surface area contributed by atoms with E-state index >= 15 is 0 Å². The topological polar surface area (TPSA) is 26.3 Å². The molecule has 0 atom stereocenters. The molecule has 0 aliphatic rings. The molecule has 21 heavy (non-hydrogen) atoms. The van der Waals surface area contributed by atoms with E-state index in [1.54, 1.807) is 19.1 Å². The molecule has 2 rings (SSSR count). The molecule has 0 radical (unpaired) electrons. The van der Waals surface area contributed by atoms with Crippen molar-refractivity contribution in [2.75, 3.05) is 7.11 Å². The van der Waals surface area contributed by atoms with Crippen LogP contribution in [0.5, 0.6) is 0 Å². The predicted octanol–water partition coefficient (Wildman–Crippen LogP) is 4.21. The van der Waals surface area contributed by atoms with Gasteiger partial charge in [-0.2, -0.15) is 0 Å². The number of halogens is 2. The SMILES string of the molecule is COC(=O)/C=C(\C)c1ccc(F)c(-c2ccccc2F)c1. The molecule has 2 aromatic rings. The largest absolute Gasteiger partial charge is 0.466 e. The Hall–Kier alpha value is -2.49. The van der Waals surface area contributed by atoms with E-state index in [0.29, 0.717) is 11.1 Å². The van der Waals surface area contributed by atoms with Gasteiger partial charge in [0.1, 0.15) is 11.6 Å². The molecular weight excluding hydrogens is 274 g/mol. The Morgan fingerprint density at radius 2 is 1.71 bits per heavy atom. The van der Waals surface area contributed by atoms with Crippen molar-refractivity contribution in [3.63, 3.8) is 0 Å². The van der Waals surface area contributed by atoms with Crippen LogP contribution in [0.4, 0.5) is 8.78 Å². The van der Waals surface area contributed by atoms with Crippen molar-refractivity contribution in [3.8, 4) is 11.1 Å². The molecule has 0 N–H and O–H groups in total. The standard InChI is InChI=1S/C17H14F2O2/c1-11(9-17(20)21-2)12-7-8-16(19)14(10-12)13-5-3-4-6-15(13)18/h3-10H,1-2H3/b11-9+. The average Bonchev–Trinajstić information content (AvgIpc) is 2.48. The van der Waals surface area contributed by atoms with Crippen molar-refractivity contribution in [3.05, 3.63) is 65.7 Å². The molecule has 0 spiro atoms. The van der Waals surface area contributed by atoms with Gasteiger partial charge in [0.2, 0.25) is 0 Å². The fourth-order valence-corrected chi connectivity index (χ4v) is 1.98. The smallest absolute Gasteiger partial charge is 0.330 e. The van der Waals surface area contributed by atoms with Crippen molar-refractivity contribution in [2.24, 2.45) is 0 Å². The quantitative estimate of drug-likeness (QED) is 0.624. The first kappa shape index (κ1) is 14.9. The maximum atomic E-state index is 13.9. The highest BCUT2D eigenvalue weighted by Gasteiger charge is 2.11. The van der Waals surface area contributed by atoms with E-state index in [1.807, 2.05) is 0 Å². The lowest BCUT2D eigenvalue weighted by atomic mass is 9.98. The summed E-state index contributed by atoms with van der Waals surface area (Å²) in [5.41, 5.74) is 1.57. The summed E-state index contributed by atoms with van der Waals surface area (Å²) in [7, 11) is 1.28. The Labute approximate surface area is 121 Å². The summed E-state index contributed by atoms with van der Waals surface area (Å²) in [5, 5.41) is 0. The summed E-state index contributed by atoms with van der Waals surface area (Å²) < 4.78 is 32.3. The monoisotopic (exact) mass is 288 g/mol. The Bertz CT molecular complexity index is 706. The van der Waals surface area contributed by atoms with E-state index in [0.717, 1.165) is 0 Å². The average molecular weight is 288 g/mol. The summed E-state index contributed by atoms with van der Waals surface area (Å²) in [6, 6.07) is 10.3. The first-order chi connectivity index (χ1) is 10.0. The summed E-state index contributed by atoms with van der Waals surface area (Å²) in [4.78, 5) is 11.2. The van der Waals surface area contributed by atoms with Crippen molar-refractivity contribution >= 4 is 11.5 Å². The van der Waals surface area contributed by atoms with Crippen LogP contribution >= 0.6 is 0 Å². The lowest BCUT2D eigenvalue weighted by Gasteiger charge is -2.08. The Morgan fingerprint density at radius 3 is 2.38 bits per heavy atom. The van der Waals surface area contributed by atoms with Crippen molar-refractivity contribution in [1.82, 2.24) is 0 Å². The third-order valence-corrected chi connectivity index (χ3v) is 3.12. The lowest BCUT2D eigenvalue weighted by molar-refractivity contribution is -0.134. The Balaban J connectivity index is 2.50. The third-order valence-electron chi connectivity index (χ3n) is 3.12. The number of hydrogen-bond donors (Lipinski definition) is 0. The maximum Gasteiger partial charge on any atom is 0.330 e. The van der Waals surface area contributed by atoms with Gasteiger partial charge in [-0.05, 0) is 36.3 Å². The van der Waals surface area contributed by atoms with E-state index in [9.17, 15) is 13.6 Å². The molecule has 2 nitrogen and oxygen atoms in total. The highest BCUT2D eigenvalue weighted by Crippen LogP contribution is 2.28. The number of allylic oxidation sites excluding steroid dienone is 1. The van der Waals surface area contributed by atoms with Gasteiger partial charge in [-0.3, -0.25) is 0 Å². The molecule has 0 unspecified atom stereocenters. The second kappa shape index (κ2) is 6.31. The normalized spacial score (nSPS) is 11.3. The number of carbonyl (C=O) groups is 1. The molecule has 2 aromatic carbocycles. The summed E-state index contributed by atoms with van der Waals surface area (Å²) in [6.07, 6.45) is 1.30. The zero-order valence-corrected chi connectivity index (χ0v) is 11.7. The van der Waals surface area contributed by atoms with Gasteiger partial charge in [-0.15, -0.1) is 0 Å². The van der Waals surface area contributed by atoms with Crippen LogP contribution in [0.2, 0.25) is 0 Å². The van der Waals surface area contributed by atoms with Gasteiger partial charge in [0.25, 0.3) is 0 Å². The fraction of sp³-hybridized carbons (Fsp3) is 0.118. The van der Waals surface area contributed by atoms with E-state index in [-0.39, 0.29) is 11.1 Å². The van der Waals surface area contributed by atoms with Crippen LogP contribution in [-0.4, -0.2) is 13.1 Å². The second-order valence-corrected chi connectivity index (χ2v) is 4.52. The zero-order valence-electron chi connectivity index (χ0n) is 11.7. The summed E-state index contributed by atoms with van der Waals surface area (Å²) in [6.45, 7) is 1.70. The van der Waals surface area contributed by atoms with Crippen LogP contribution in [0.25, 0.3) is 16.7 Å². The van der Waals surface area contributed by atoms with Crippen LogP contribution in [0, 0.1) is 11.6 Å². The van der Waals surface area contributed by atoms with Crippen LogP contribution in [0.15, 0.2) is 48.5 Å². The molecule has 0 aliphatic heterocycles. The van der Waals surface area contributed by atoms with Crippen LogP contribution in [-0.2, 0) is 9.53 Å². The highest BCUT2D eigenvalue weighted by molar-refractivity contribution is 5.91. The molecule has 0 fully saturated rings. The van der Waals surface area contributed by atoms with E-state index in [4.69, 9.17) is 0 Å². The number of esters is 1. The van der Waals surface area contributed by atoms with Gasteiger partial charge >= 0.3 is 5.97 Å². The minimum absolute atomic E-state index is 0.156. The minimum Gasteiger partial charge on any atom is -0.466 e. The molecule has 0 saturated heterocycles. The van der Waals surface area contributed by atoms with Gasteiger partial charge in [0.05, 0.1) is 7.11 Å². The van der Waals surface area contributed by atoms with E-state index in [1.165, 1.54) is 43.5 Å². The molecule has 4 heteroatoms. The molecule has 0 aliphatic carbocycles. The molecule has 0 bridgehead atoms. The molecule has 0 heterocycles. The molecule has 0 aromatic heterocycles. The summed E-state index contributed by atoms with van der Waals surface area (Å²) in [5.74, 6) is -1.51. The first-order valence-electron chi connectivity index (χ1n) is 6.34. The molecule has 0 saturated carbocycles. The van der Waals surface area contributed by atoms with Gasteiger partial charge in [-0.1, -0.05) is 24.3 Å². The fourth-order valence-electron chi connectivity index (χ4n) is 1.98. The molecular formula is C17H14F2O2.